The van der Waals surface area contributed by atoms with Crippen LogP contribution in [0.5, 0.6) is 0 Å². The standard InChI is InChI=1S/C9H18N4O/c1-2-3-12-4-6-13(7-5-12)8-9(10)11-14/h2,14H,1,3-8H2,(H2,10,11). The van der Waals surface area contributed by atoms with Crippen molar-refractivity contribution in [2.75, 3.05) is 39.3 Å². The summed E-state index contributed by atoms with van der Waals surface area (Å²) in [5, 5.41) is 11.4. The Kier molecular flexibility index (Phi) is 4.42. The van der Waals surface area contributed by atoms with Crippen molar-refractivity contribution in [3.05, 3.63) is 12.7 Å². The molecule has 1 heterocycles. The number of nitrogens with two attached hydrogens (primary N) is 1. The van der Waals surface area contributed by atoms with E-state index in [1.165, 1.54) is 0 Å². The van der Waals surface area contributed by atoms with E-state index in [-0.39, 0.29) is 5.84 Å². The van der Waals surface area contributed by atoms with Crippen LogP contribution in [-0.2, 0) is 0 Å². The zero-order valence-electron chi connectivity index (χ0n) is 8.39. The molecule has 1 saturated heterocycles. The van der Waals surface area contributed by atoms with Crippen LogP contribution < -0.4 is 5.73 Å². The van der Waals surface area contributed by atoms with Gasteiger partial charge in [-0.15, -0.1) is 6.58 Å². The van der Waals surface area contributed by atoms with Gasteiger partial charge in [-0.3, -0.25) is 9.80 Å². The fraction of sp³-hybridized carbons (Fsp3) is 0.667. The lowest BCUT2D eigenvalue weighted by Crippen LogP contribution is -2.48. The van der Waals surface area contributed by atoms with Crippen molar-refractivity contribution in [1.82, 2.24) is 9.80 Å². The predicted molar refractivity (Wildman–Crippen MR) is 56.5 cm³/mol. The molecule has 0 spiro atoms. The number of rotatable bonds is 4. The first kappa shape index (κ1) is 11.0. The number of hydrogen-bond donors (Lipinski definition) is 2. The maximum absolute atomic E-state index is 8.41. The Bertz CT molecular complexity index is 209. The van der Waals surface area contributed by atoms with Crippen molar-refractivity contribution in [2.24, 2.45) is 10.9 Å². The topological polar surface area (TPSA) is 65.1 Å². The largest absolute Gasteiger partial charge is 0.409 e. The zero-order valence-corrected chi connectivity index (χ0v) is 8.39. The quantitative estimate of drug-likeness (QED) is 0.211. The second kappa shape index (κ2) is 5.62. The Labute approximate surface area is 84.5 Å². The van der Waals surface area contributed by atoms with Gasteiger partial charge in [0.1, 0.15) is 0 Å². The fourth-order valence-corrected chi connectivity index (χ4v) is 1.57. The first-order chi connectivity index (χ1) is 6.76. The highest BCUT2D eigenvalue weighted by Crippen LogP contribution is 2.00. The van der Waals surface area contributed by atoms with E-state index in [0.717, 1.165) is 32.7 Å². The van der Waals surface area contributed by atoms with Gasteiger partial charge in [0.05, 0.1) is 6.54 Å². The summed E-state index contributed by atoms with van der Waals surface area (Å²) in [5.74, 6) is 0.280. The van der Waals surface area contributed by atoms with Gasteiger partial charge in [-0.2, -0.15) is 0 Å². The van der Waals surface area contributed by atoms with E-state index >= 15 is 0 Å². The van der Waals surface area contributed by atoms with Crippen LogP contribution in [0, 0.1) is 0 Å². The molecular formula is C9H18N4O. The molecule has 0 saturated carbocycles. The summed E-state index contributed by atoms with van der Waals surface area (Å²) in [7, 11) is 0. The molecule has 1 fully saturated rings. The second-order valence-electron chi connectivity index (χ2n) is 3.46. The van der Waals surface area contributed by atoms with Crippen LogP contribution in [-0.4, -0.2) is 60.1 Å². The van der Waals surface area contributed by atoms with Crippen LogP contribution in [0.4, 0.5) is 0 Å². The molecule has 0 radical (unpaired) electrons. The van der Waals surface area contributed by atoms with Gasteiger partial charge in [-0.1, -0.05) is 11.2 Å². The van der Waals surface area contributed by atoms with Gasteiger partial charge >= 0.3 is 0 Å². The molecule has 0 amide bonds. The summed E-state index contributed by atoms with van der Waals surface area (Å²) in [6, 6.07) is 0. The number of piperazine rings is 1. The Morgan fingerprint density at radius 3 is 2.43 bits per heavy atom. The van der Waals surface area contributed by atoms with Crippen LogP contribution >= 0.6 is 0 Å². The number of hydrogen-bond acceptors (Lipinski definition) is 4. The summed E-state index contributed by atoms with van der Waals surface area (Å²) >= 11 is 0. The van der Waals surface area contributed by atoms with Crippen LogP contribution in [0.25, 0.3) is 0 Å². The van der Waals surface area contributed by atoms with E-state index in [1.54, 1.807) is 0 Å². The molecule has 1 rings (SSSR count). The van der Waals surface area contributed by atoms with Crippen molar-refractivity contribution in [3.63, 3.8) is 0 Å². The van der Waals surface area contributed by atoms with Crippen molar-refractivity contribution in [3.8, 4) is 0 Å². The van der Waals surface area contributed by atoms with Crippen LogP contribution in [0.1, 0.15) is 0 Å². The second-order valence-corrected chi connectivity index (χ2v) is 3.46. The molecule has 0 aliphatic carbocycles. The minimum Gasteiger partial charge on any atom is -0.409 e. The van der Waals surface area contributed by atoms with Gasteiger partial charge in [0.15, 0.2) is 5.84 Å². The van der Waals surface area contributed by atoms with Crippen molar-refractivity contribution < 1.29 is 5.21 Å². The third kappa shape index (κ3) is 3.35. The monoisotopic (exact) mass is 198 g/mol. The first-order valence-corrected chi connectivity index (χ1v) is 4.78. The predicted octanol–water partition coefficient (Wildman–Crippen LogP) is -0.464. The third-order valence-electron chi connectivity index (χ3n) is 2.37. The number of amidine groups is 1. The Balaban J connectivity index is 2.25. The summed E-state index contributed by atoms with van der Waals surface area (Å²) in [6.07, 6.45) is 1.92. The van der Waals surface area contributed by atoms with Crippen molar-refractivity contribution in [2.45, 2.75) is 0 Å². The molecule has 0 atom stereocenters. The van der Waals surface area contributed by atoms with Crippen LogP contribution in [0.2, 0.25) is 0 Å². The molecule has 0 bridgehead atoms. The highest BCUT2D eigenvalue weighted by Gasteiger charge is 2.16. The van der Waals surface area contributed by atoms with E-state index in [1.807, 2.05) is 6.08 Å². The summed E-state index contributed by atoms with van der Waals surface area (Å²) in [4.78, 5) is 4.50. The Morgan fingerprint density at radius 2 is 1.93 bits per heavy atom. The van der Waals surface area contributed by atoms with Gasteiger partial charge in [0, 0.05) is 32.7 Å². The number of nitrogens with zero attached hydrogens (tertiary/aromatic N) is 3. The molecule has 0 unspecified atom stereocenters. The van der Waals surface area contributed by atoms with E-state index in [4.69, 9.17) is 10.9 Å². The molecule has 1 aliphatic heterocycles. The molecule has 0 aromatic rings. The summed E-state index contributed by atoms with van der Waals surface area (Å²) < 4.78 is 0. The minimum atomic E-state index is 0.280. The van der Waals surface area contributed by atoms with E-state index in [2.05, 4.69) is 21.5 Å². The normalized spacial score (nSPS) is 21.0. The summed E-state index contributed by atoms with van der Waals surface area (Å²) in [6.45, 7) is 9.17. The van der Waals surface area contributed by atoms with Gasteiger partial charge in [-0.05, 0) is 0 Å². The Hall–Kier alpha value is -1.07. The van der Waals surface area contributed by atoms with Gasteiger partial charge < -0.3 is 10.9 Å². The smallest absolute Gasteiger partial charge is 0.153 e. The molecule has 14 heavy (non-hydrogen) atoms. The third-order valence-corrected chi connectivity index (χ3v) is 2.37. The van der Waals surface area contributed by atoms with Gasteiger partial charge in [-0.25, -0.2) is 0 Å². The lowest BCUT2D eigenvalue weighted by Gasteiger charge is -2.33. The van der Waals surface area contributed by atoms with E-state index in [9.17, 15) is 0 Å². The molecule has 3 N–H and O–H groups in total. The van der Waals surface area contributed by atoms with Crippen LogP contribution in [0.15, 0.2) is 17.8 Å². The van der Waals surface area contributed by atoms with Gasteiger partial charge in [0.2, 0.25) is 0 Å². The first-order valence-electron chi connectivity index (χ1n) is 4.78. The lowest BCUT2D eigenvalue weighted by molar-refractivity contribution is 0.156. The zero-order chi connectivity index (χ0) is 10.4. The van der Waals surface area contributed by atoms with Crippen molar-refractivity contribution in [1.29, 1.82) is 0 Å². The van der Waals surface area contributed by atoms with Crippen molar-refractivity contribution >= 4 is 5.84 Å². The average molecular weight is 198 g/mol. The molecule has 0 aromatic carbocycles. The molecule has 0 aromatic heterocycles. The highest BCUT2D eigenvalue weighted by atomic mass is 16.4. The average Bonchev–Trinajstić information content (AvgIpc) is 2.21. The Morgan fingerprint density at radius 1 is 1.36 bits per heavy atom. The highest BCUT2D eigenvalue weighted by molar-refractivity contribution is 5.81. The maximum Gasteiger partial charge on any atom is 0.153 e. The van der Waals surface area contributed by atoms with Crippen LogP contribution in [0.3, 0.4) is 0 Å². The van der Waals surface area contributed by atoms with Gasteiger partial charge in [0.25, 0.3) is 0 Å². The minimum absolute atomic E-state index is 0.280. The molecule has 5 heteroatoms. The molecule has 1 aliphatic rings. The molecule has 80 valence electrons. The summed E-state index contributed by atoms with van der Waals surface area (Å²) in [5.41, 5.74) is 5.43. The molecular weight excluding hydrogens is 180 g/mol. The lowest BCUT2D eigenvalue weighted by atomic mass is 10.3. The van der Waals surface area contributed by atoms with E-state index in [0.29, 0.717) is 6.54 Å². The molecule has 5 nitrogen and oxygen atoms in total. The SMILES string of the molecule is C=CCN1CCN(C/C(N)=N\O)CC1. The maximum atomic E-state index is 8.41. The number of oxime groups is 1. The van der Waals surface area contributed by atoms with E-state index < -0.39 is 0 Å². The fourth-order valence-electron chi connectivity index (χ4n) is 1.57.